The summed E-state index contributed by atoms with van der Waals surface area (Å²) >= 11 is 0. The molecule has 1 aromatic heterocycles. The van der Waals surface area contributed by atoms with Crippen LogP contribution in [0.15, 0.2) is 16.7 Å². The quantitative estimate of drug-likeness (QED) is 0.798. The fourth-order valence-electron chi connectivity index (χ4n) is 3.32. The monoisotopic (exact) mass is 348 g/mol. The molecule has 7 nitrogen and oxygen atoms in total. The van der Waals surface area contributed by atoms with Gasteiger partial charge in [0.2, 0.25) is 5.89 Å². The molecular formula is C18H28N4O3. The van der Waals surface area contributed by atoms with Gasteiger partial charge in [-0.25, -0.2) is 4.79 Å². The Morgan fingerprint density at radius 2 is 2.08 bits per heavy atom. The van der Waals surface area contributed by atoms with E-state index >= 15 is 0 Å². The zero-order valence-corrected chi connectivity index (χ0v) is 15.0. The van der Waals surface area contributed by atoms with Gasteiger partial charge in [0.1, 0.15) is 6.04 Å². The highest BCUT2D eigenvalue weighted by molar-refractivity contribution is 5.75. The lowest BCUT2D eigenvalue weighted by molar-refractivity contribution is 0.0503. The molecule has 2 heterocycles. The van der Waals surface area contributed by atoms with Crippen molar-refractivity contribution in [2.24, 2.45) is 5.92 Å². The summed E-state index contributed by atoms with van der Waals surface area (Å²) in [4.78, 5) is 17.0. The van der Waals surface area contributed by atoms with E-state index in [0.717, 1.165) is 32.1 Å². The second kappa shape index (κ2) is 8.47. The smallest absolute Gasteiger partial charge is 0.315 e. The van der Waals surface area contributed by atoms with E-state index in [1.807, 2.05) is 13.8 Å². The van der Waals surface area contributed by atoms with Crippen LogP contribution in [-0.2, 0) is 4.74 Å². The van der Waals surface area contributed by atoms with Crippen LogP contribution in [0.1, 0.15) is 69.6 Å². The third-order valence-corrected chi connectivity index (χ3v) is 4.83. The van der Waals surface area contributed by atoms with Gasteiger partial charge in [-0.05, 0) is 38.0 Å². The zero-order valence-electron chi connectivity index (χ0n) is 15.0. The van der Waals surface area contributed by atoms with Gasteiger partial charge < -0.3 is 19.9 Å². The molecule has 0 aromatic carbocycles. The summed E-state index contributed by atoms with van der Waals surface area (Å²) in [6, 6.07) is -0.369. The van der Waals surface area contributed by atoms with Crippen LogP contribution in [0.4, 0.5) is 4.79 Å². The molecule has 25 heavy (non-hydrogen) atoms. The van der Waals surface area contributed by atoms with Crippen molar-refractivity contribution in [2.45, 2.75) is 64.0 Å². The molecule has 7 heteroatoms. The lowest BCUT2D eigenvalue weighted by Crippen LogP contribution is -2.45. The number of carbonyl (C=O) groups is 1. The molecule has 1 aromatic rings. The maximum atomic E-state index is 12.5. The van der Waals surface area contributed by atoms with Crippen molar-refractivity contribution in [2.75, 3.05) is 13.2 Å². The molecule has 1 aliphatic carbocycles. The van der Waals surface area contributed by atoms with Gasteiger partial charge in [-0.15, -0.1) is 0 Å². The predicted molar refractivity (Wildman–Crippen MR) is 93.1 cm³/mol. The molecule has 138 valence electrons. The first-order valence-electron chi connectivity index (χ1n) is 9.28. The largest absolute Gasteiger partial charge is 0.381 e. The maximum Gasteiger partial charge on any atom is 0.315 e. The van der Waals surface area contributed by atoms with Gasteiger partial charge >= 0.3 is 6.03 Å². The van der Waals surface area contributed by atoms with Crippen molar-refractivity contribution in [1.29, 1.82) is 0 Å². The van der Waals surface area contributed by atoms with Crippen LogP contribution < -0.4 is 10.6 Å². The summed E-state index contributed by atoms with van der Waals surface area (Å²) in [5.74, 6) is 1.59. The van der Waals surface area contributed by atoms with Crippen molar-refractivity contribution in [3.05, 3.63) is 23.9 Å². The molecule has 2 unspecified atom stereocenters. The molecule has 0 radical (unpaired) electrons. The van der Waals surface area contributed by atoms with Gasteiger partial charge in [-0.3, -0.25) is 0 Å². The van der Waals surface area contributed by atoms with Gasteiger partial charge in [-0.2, -0.15) is 4.98 Å². The van der Waals surface area contributed by atoms with Crippen molar-refractivity contribution in [3.63, 3.8) is 0 Å². The average molecular weight is 348 g/mol. The Balaban J connectivity index is 1.69. The Bertz CT molecular complexity index is 593. The molecule has 0 bridgehead atoms. The number of carbonyl (C=O) groups excluding carboxylic acids is 1. The minimum Gasteiger partial charge on any atom is -0.381 e. The van der Waals surface area contributed by atoms with E-state index < -0.39 is 0 Å². The van der Waals surface area contributed by atoms with Crippen LogP contribution in [0.2, 0.25) is 0 Å². The molecule has 1 saturated heterocycles. The minimum atomic E-state index is -0.281. The van der Waals surface area contributed by atoms with Crippen LogP contribution in [0.5, 0.6) is 0 Å². The molecule has 2 atom stereocenters. The summed E-state index contributed by atoms with van der Waals surface area (Å²) < 4.78 is 10.9. The van der Waals surface area contributed by atoms with Gasteiger partial charge in [-0.1, -0.05) is 31.2 Å². The van der Waals surface area contributed by atoms with E-state index in [4.69, 9.17) is 9.26 Å². The molecule has 0 saturated carbocycles. The Kier molecular flexibility index (Phi) is 6.07. The second-order valence-corrected chi connectivity index (χ2v) is 7.16. The molecule has 2 N–H and O–H groups in total. The fourth-order valence-corrected chi connectivity index (χ4v) is 3.32. The van der Waals surface area contributed by atoms with Gasteiger partial charge in [0.25, 0.3) is 0 Å². The Hall–Kier alpha value is -1.89. The Morgan fingerprint density at radius 3 is 2.72 bits per heavy atom. The van der Waals surface area contributed by atoms with Crippen LogP contribution in [-0.4, -0.2) is 35.4 Å². The molecule has 1 fully saturated rings. The van der Waals surface area contributed by atoms with Crippen LogP contribution >= 0.6 is 0 Å². The van der Waals surface area contributed by atoms with Crippen LogP contribution in [0.25, 0.3) is 0 Å². The summed E-state index contributed by atoms with van der Waals surface area (Å²) in [5, 5.41) is 10.2. The molecule has 3 rings (SSSR count). The van der Waals surface area contributed by atoms with Crippen LogP contribution in [0, 0.1) is 5.92 Å². The first-order valence-corrected chi connectivity index (χ1v) is 9.28. The number of nitrogens with one attached hydrogen (secondary N) is 2. The van der Waals surface area contributed by atoms with E-state index in [2.05, 4.69) is 32.9 Å². The van der Waals surface area contributed by atoms with E-state index in [1.165, 1.54) is 0 Å². The molecule has 2 amide bonds. The van der Waals surface area contributed by atoms with Gasteiger partial charge in [0.05, 0.1) is 0 Å². The number of allylic oxidation sites excluding steroid dienone is 1. The summed E-state index contributed by atoms with van der Waals surface area (Å²) in [7, 11) is 0. The summed E-state index contributed by atoms with van der Waals surface area (Å²) in [6.07, 6.45) is 9.09. The SMILES string of the molecule is CC(C)c1noc(C(NC(=O)NC2C=CCCC2)C2CCOCC2)n1. The first kappa shape index (κ1) is 17.9. The minimum absolute atomic E-state index is 0.0954. The average Bonchev–Trinajstić information content (AvgIpc) is 3.11. The number of hydrogen-bond donors (Lipinski definition) is 2. The van der Waals surface area contributed by atoms with Crippen LogP contribution in [0.3, 0.4) is 0 Å². The lowest BCUT2D eigenvalue weighted by Gasteiger charge is -2.29. The van der Waals surface area contributed by atoms with E-state index in [1.54, 1.807) is 0 Å². The highest BCUT2D eigenvalue weighted by Gasteiger charge is 2.32. The molecule has 0 spiro atoms. The lowest BCUT2D eigenvalue weighted by atomic mass is 9.91. The van der Waals surface area contributed by atoms with Crippen molar-refractivity contribution in [1.82, 2.24) is 20.8 Å². The Labute approximate surface area is 148 Å². The normalized spacial score (nSPS) is 22.8. The van der Waals surface area contributed by atoms with E-state index in [-0.39, 0.29) is 30.0 Å². The standard InChI is InChI=1S/C18H28N4O3/c1-12(2)16-21-17(25-22-16)15(13-8-10-24-11-9-13)20-18(23)19-14-6-4-3-5-7-14/h4,6,12-15H,3,5,7-11H2,1-2H3,(H2,19,20,23). The summed E-state index contributed by atoms with van der Waals surface area (Å²) in [6.45, 7) is 5.43. The number of hydrogen-bond acceptors (Lipinski definition) is 5. The van der Waals surface area contributed by atoms with Gasteiger partial charge in [0, 0.05) is 25.2 Å². The number of rotatable bonds is 5. The molecule has 1 aliphatic heterocycles. The highest BCUT2D eigenvalue weighted by Crippen LogP contribution is 2.30. The number of aromatic nitrogens is 2. The molecule has 2 aliphatic rings. The maximum absolute atomic E-state index is 12.5. The van der Waals surface area contributed by atoms with E-state index in [9.17, 15) is 4.79 Å². The summed E-state index contributed by atoms with van der Waals surface area (Å²) in [5.41, 5.74) is 0. The number of nitrogens with zero attached hydrogens (tertiary/aromatic N) is 2. The molecular weight excluding hydrogens is 320 g/mol. The third-order valence-electron chi connectivity index (χ3n) is 4.83. The second-order valence-electron chi connectivity index (χ2n) is 7.16. The predicted octanol–water partition coefficient (Wildman–Crippen LogP) is 3.07. The van der Waals surface area contributed by atoms with E-state index in [0.29, 0.717) is 24.9 Å². The first-order chi connectivity index (χ1) is 12.1. The zero-order chi connectivity index (χ0) is 17.6. The van der Waals surface area contributed by atoms with Gasteiger partial charge in [0.15, 0.2) is 5.82 Å². The third kappa shape index (κ3) is 4.81. The van der Waals surface area contributed by atoms with Crippen molar-refractivity contribution in [3.8, 4) is 0 Å². The fraction of sp³-hybridized carbons (Fsp3) is 0.722. The van der Waals surface area contributed by atoms with Crippen molar-refractivity contribution >= 4 is 6.03 Å². The van der Waals surface area contributed by atoms with Crippen molar-refractivity contribution < 1.29 is 14.1 Å². The highest BCUT2D eigenvalue weighted by atomic mass is 16.5. The number of amides is 2. The number of urea groups is 1. The Morgan fingerprint density at radius 1 is 1.28 bits per heavy atom. The topological polar surface area (TPSA) is 89.3 Å². The number of ether oxygens (including phenoxy) is 1.